The second kappa shape index (κ2) is 7.42. The molecule has 146 valence electrons. The van der Waals surface area contributed by atoms with E-state index in [4.69, 9.17) is 4.74 Å². The summed E-state index contributed by atoms with van der Waals surface area (Å²) >= 11 is 1.49. The van der Waals surface area contributed by atoms with E-state index in [1.807, 2.05) is 13.8 Å². The van der Waals surface area contributed by atoms with Crippen LogP contribution in [0.2, 0.25) is 0 Å². The predicted molar refractivity (Wildman–Crippen MR) is 104 cm³/mol. The number of esters is 1. The Kier molecular flexibility index (Phi) is 5.37. The van der Waals surface area contributed by atoms with Gasteiger partial charge in [-0.05, 0) is 46.1 Å². The van der Waals surface area contributed by atoms with Gasteiger partial charge in [0, 0.05) is 24.3 Å². The van der Waals surface area contributed by atoms with Crippen molar-refractivity contribution in [2.24, 2.45) is 0 Å². The summed E-state index contributed by atoms with van der Waals surface area (Å²) in [6.45, 7) is 8.24. The van der Waals surface area contributed by atoms with Crippen molar-refractivity contribution in [3.05, 3.63) is 26.6 Å². The average molecular weight is 391 g/mol. The van der Waals surface area contributed by atoms with Crippen molar-refractivity contribution in [3.63, 3.8) is 0 Å². The van der Waals surface area contributed by atoms with Crippen molar-refractivity contribution in [2.45, 2.75) is 58.9 Å². The number of aromatic amines is 1. The fourth-order valence-electron chi connectivity index (χ4n) is 3.64. The van der Waals surface area contributed by atoms with Gasteiger partial charge in [-0.25, -0.2) is 9.78 Å². The van der Waals surface area contributed by atoms with Crippen molar-refractivity contribution in [3.8, 4) is 0 Å². The standard InChI is InChI=1S/C19H25N3O4S/c1-5-26-18(25)19(4)9-6-10-22(19)14(23)8-7-13-20-16(24)15-11(2)12(3)27-17(15)21-13/h5-10H2,1-4H3,(H,20,21,24)/t19-/m1/s1. The van der Waals surface area contributed by atoms with Gasteiger partial charge in [-0.1, -0.05) is 0 Å². The summed E-state index contributed by atoms with van der Waals surface area (Å²) < 4.78 is 5.16. The number of carbonyl (C=O) groups is 2. The van der Waals surface area contributed by atoms with Crippen LogP contribution in [0.1, 0.15) is 49.4 Å². The van der Waals surface area contributed by atoms with Crippen molar-refractivity contribution in [1.29, 1.82) is 0 Å². The molecule has 1 atom stereocenters. The lowest BCUT2D eigenvalue weighted by Crippen LogP contribution is -2.51. The molecule has 1 aliphatic heterocycles. The summed E-state index contributed by atoms with van der Waals surface area (Å²) in [6, 6.07) is 0. The summed E-state index contributed by atoms with van der Waals surface area (Å²) in [4.78, 5) is 48.1. The van der Waals surface area contributed by atoms with Gasteiger partial charge in [0.2, 0.25) is 5.91 Å². The fourth-order valence-corrected chi connectivity index (χ4v) is 4.69. The third-order valence-electron chi connectivity index (χ3n) is 5.32. The molecule has 8 heteroatoms. The minimum absolute atomic E-state index is 0.121. The summed E-state index contributed by atoms with van der Waals surface area (Å²) in [5, 5.41) is 0.627. The number of nitrogens with one attached hydrogen (secondary N) is 1. The molecule has 0 radical (unpaired) electrons. The molecule has 1 saturated heterocycles. The van der Waals surface area contributed by atoms with Crippen LogP contribution in [0, 0.1) is 13.8 Å². The summed E-state index contributed by atoms with van der Waals surface area (Å²) in [6.07, 6.45) is 1.89. The number of hydrogen-bond acceptors (Lipinski definition) is 6. The van der Waals surface area contributed by atoms with E-state index in [0.717, 1.165) is 16.9 Å². The monoisotopic (exact) mass is 391 g/mol. The van der Waals surface area contributed by atoms with Gasteiger partial charge in [0.05, 0.1) is 12.0 Å². The van der Waals surface area contributed by atoms with E-state index in [1.165, 1.54) is 11.3 Å². The van der Waals surface area contributed by atoms with Gasteiger partial charge in [0.25, 0.3) is 5.56 Å². The Morgan fingerprint density at radius 2 is 2.11 bits per heavy atom. The minimum Gasteiger partial charge on any atom is -0.464 e. The van der Waals surface area contributed by atoms with E-state index in [-0.39, 0.29) is 23.9 Å². The Morgan fingerprint density at radius 1 is 1.37 bits per heavy atom. The molecular weight excluding hydrogens is 366 g/mol. The maximum Gasteiger partial charge on any atom is 0.331 e. The van der Waals surface area contributed by atoms with Crippen molar-refractivity contribution < 1.29 is 14.3 Å². The fraction of sp³-hybridized carbons (Fsp3) is 0.579. The molecule has 2 aromatic rings. The summed E-state index contributed by atoms with van der Waals surface area (Å²) in [5.74, 6) is 0.0248. The Labute approximate surface area is 161 Å². The van der Waals surface area contributed by atoms with Gasteiger partial charge >= 0.3 is 5.97 Å². The van der Waals surface area contributed by atoms with Crippen LogP contribution in [0.4, 0.5) is 0 Å². The molecule has 1 N–H and O–H groups in total. The van der Waals surface area contributed by atoms with Crippen molar-refractivity contribution in [1.82, 2.24) is 14.9 Å². The van der Waals surface area contributed by atoms with Gasteiger partial charge < -0.3 is 14.6 Å². The topological polar surface area (TPSA) is 92.4 Å². The van der Waals surface area contributed by atoms with E-state index in [1.54, 1.807) is 18.7 Å². The van der Waals surface area contributed by atoms with E-state index in [0.29, 0.717) is 42.0 Å². The second-order valence-electron chi connectivity index (χ2n) is 7.12. The molecule has 1 fully saturated rings. The van der Waals surface area contributed by atoms with Gasteiger partial charge in [0.15, 0.2) is 0 Å². The van der Waals surface area contributed by atoms with Crippen LogP contribution in [0.3, 0.4) is 0 Å². The lowest BCUT2D eigenvalue weighted by Gasteiger charge is -2.32. The first kappa shape index (κ1) is 19.5. The van der Waals surface area contributed by atoms with Crippen LogP contribution in [-0.2, 0) is 20.7 Å². The zero-order valence-electron chi connectivity index (χ0n) is 16.2. The quantitative estimate of drug-likeness (QED) is 0.791. The molecule has 1 aliphatic rings. The molecule has 0 saturated carbocycles. The van der Waals surface area contributed by atoms with Crippen LogP contribution in [0.15, 0.2) is 4.79 Å². The van der Waals surface area contributed by atoms with E-state index >= 15 is 0 Å². The second-order valence-corrected chi connectivity index (χ2v) is 8.32. The number of carbonyl (C=O) groups excluding carboxylic acids is 2. The SMILES string of the molecule is CCOC(=O)[C@@]1(C)CCCN1C(=O)CCc1nc2sc(C)c(C)c2c(=O)[nH]1. The maximum atomic E-state index is 12.8. The number of ether oxygens (including phenoxy) is 1. The van der Waals surface area contributed by atoms with Gasteiger partial charge in [0.1, 0.15) is 16.2 Å². The van der Waals surface area contributed by atoms with Gasteiger partial charge in [-0.2, -0.15) is 0 Å². The van der Waals surface area contributed by atoms with E-state index < -0.39 is 5.54 Å². The highest BCUT2D eigenvalue weighted by Crippen LogP contribution is 2.31. The molecular formula is C19H25N3O4S. The Morgan fingerprint density at radius 3 is 2.81 bits per heavy atom. The molecule has 0 spiro atoms. The first-order valence-electron chi connectivity index (χ1n) is 9.24. The molecule has 2 aromatic heterocycles. The number of aromatic nitrogens is 2. The largest absolute Gasteiger partial charge is 0.464 e. The number of fused-ring (bicyclic) bond motifs is 1. The molecule has 3 heterocycles. The highest BCUT2D eigenvalue weighted by Gasteiger charge is 2.46. The molecule has 1 amide bonds. The van der Waals surface area contributed by atoms with E-state index in [2.05, 4.69) is 9.97 Å². The number of rotatable bonds is 5. The minimum atomic E-state index is -0.903. The maximum absolute atomic E-state index is 12.8. The number of hydrogen-bond donors (Lipinski definition) is 1. The Balaban J connectivity index is 1.75. The van der Waals surface area contributed by atoms with E-state index in [9.17, 15) is 14.4 Å². The average Bonchev–Trinajstić information content (AvgIpc) is 3.14. The van der Waals surface area contributed by atoms with Crippen LogP contribution < -0.4 is 5.56 Å². The smallest absolute Gasteiger partial charge is 0.331 e. The Hall–Kier alpha value is -2.22. The van der Waals surface area contributed by atoms with Gasteiger partial charge in [-0.3, -0.25) is 9.59 Å². The van der Waals surface area contributed by atoms with Gasteiger partial charge in [-0.15, -0.1) is 11.3 Å². The first-order valence-corrected chi connectivity index (χ1v) is 10.1. The lowest BCUT2D eigenvalue weighted by molar-refractivity contribution is -0.160. The highest BCUT2D eigenvalue weighted by atomic mass is 32.1. The zero-order chi connectivity index (χ0) is 19.8. The third-order valence-corrected chi connectivity index (χ3v) is 6.42. The molecule has 3 rings (SSSR count). The molecule has 0 bridgehead atoms. The number of likely N-dealkylation sites (tertiary alicyclic amines) is 1. The third kappa shape index (κ3) is 3.50. The molecule has 0 aliphatic carbocycles. The number of amides is 1. The number of nitrogens with zero attached hydrogens (tertiary/aromatic N) is 2. The zero-order valence-corrected chi connectivity index (χ0v) is 17.0. The van der Waals surface area contributed by atoms with Crippen LogP contribution >= 0.6 is 11.3 Å². The normalized spacial score (nSPS) is 19.6. The molecule has 27 heavy (non-hydrogen) atoms. The van der Waals surface area contributed by atoms with Crippen molar-refractivity contribution in [2.75, 3.05) is 13.2 Å². The number of aryl methyl sites for hydroxylation is 3. The van der Waals surface area contributed by atoms with Crippen LogP contribution in [0.25, 0.3) is 10.2 Å². The molecule has 7 nitrogen and oxygen atoms in total. The number of H-pyrrole nitrogens is 1. The lowest BCUT2D eigenvalue weighted by atomic mass is 9.98. The molecule has 0 unspecified atom stereocenters. The summed E-state index contributed by atoms with van der Waals surface area (Å²) in [5.41, 5.74) is -0.115. The first-order chi connectivity index (χ1) is 12.8. The van der Waals surface area contributed by atoms with Crippen LogP contribution in [0.5, 0.6) is 0 Å². The predicted octanol–water partition coefficient (Wildman–Crippen LogP) is 2.48. The highest BCUT2D eigenvalue weighted by molar-refractivity contribution is 7.18. The van der Waals surface area contributed by atoms with Crippen molar-refractivity contribution >= 4 is 33.4 Å². The Bertz CT molecular complexity index is 948. The van der Waals surface area contributed by atoms with Crippen LogP contribution in [-0.4, -0.2) is 45.4 Å². The number of thiophene rings is 1. The molecule has 0 aromatic carbocycles. The summed E-state index contributed by atoms with van der Waals surface area (Å²) in [7, 11) is 0.